The van der Waals surface area contributed by atoms with E-state index in [9.17, 15) is 14.9 Å². The fraction of sp³-hybridized carbons (Fsp3) is 0.632. The van der Waals surface area contributed by atoms with E-state index in [-0.39, 0.29) is 16.0 Å². The first-order chi connectivity index (χ1) is 11.5. The third kappa shape index (κ3) is 1.96. The van der Waals surface area contributed by atoms with Crippen LogP contribution in [0, 0.1) is 27.4 Å². The van der Waals surface area contributed by atoms with Crippen molar-refractivity contribution < 1.29 is 14.5 Å². The van der Waals surface area contributed by atoms with Gasteiger partial charge in [-0.3, -0.25) is 14.9 Å². The van der Waals surface area contributed by atoms with E-state index >= 15 is 0 Å². The molecule has 2 saturated carbocycles. The Labute approximate surface area is 141 Å². The summed E-state index contributed by atoms with van der Waals surface area (Å²) in [5.41, 5.74) is 1.97. The van der Waals surface area contributed by atoms with E-state index < -0.39 is 0 Å². The number of Topliss-reactive ketones (excluding diaryl/α,β-unsaturated/α-hetero) is 1. The van der Waals surface area contributed by atoms with E-state index in [1.54, 1.807) is 6.07 Å². The first-order valence-electron chi connectivity index (χ1n) is 8.85. The highest BCUT2D eigenvalue weighted by Crippen LogP contribution is 2.60. The lowest BCUT2D eigenvalue weighted by atomic mass is 9.55. The van der Waals surface area contributed by atoms with Gasteiger partial charge in [-0.1, -0.05) is 13.0 Å². The molecule has 0 aliphatic heterocycles. The second-order valence-electron chi connectivity index (χ2n) is 7.77. The maximum atomic E-state index is 12.4. The maximum Gasteiger partial charge on any atom is 0.314 e. The Morgan fingerprint density at radius 3 is 2.75 bits per heavy atom. The molecule has 3 aliphatic rings. The van der Waals surface area contributed by atoms with E-state index in [1.165, 1.54) is 7.11 Å². The van der Waals surface area contributed by atoms with Crippen LogP contribution in [-0.2, 0) is 11.2 Å². The van der Waals surface area contributed by atoms with E-state index in [2.05, 4.69) is 6.92 Å². The number of hydrogen-bond acceptors (Lipinski definition) is 4. The first-order valence-corrected chi connectivity index (χ1v) is 8.85. The van der Waals surface area contributed by atoms with Gasteiger partial charge >= 0.3 is 5.69 Å². The van der Waals surface area contributed by atoms with Crippen molar-refractivity contribution >= 4 is 11.5 Å². The summed E-state index contributed by atoms with van der Waals surface area (Å²) in [6.07, 6.45) is 5.23. The van der Waals surface area contributed by atoms with E-state index in [0.29, 0.717) is 42.1 Å². The molecule has 0 bridgehead atoms. The average molecular weight is 329 g/mol. The molecule has 0 radical (unpaired) electrons. The van der Waals surface area contributed by atoms with Crippen LogP contribution >= 0.6 is 0 Å². The van der Waals surface area contributed by atoms with Gasteiger partial charge in [0.15, 0.2) is 5.75 Å². The highest BCUT2D eigenvalue weighted by molar-refractivity contribution is 5.87. The summed E-state index contributed by atoms with van der Waals surface area (Å²) in [5.74, 6) is 2.06. The van der Waals surface area contributed by atoms with E-state index in [4.69, 9.17) is 4.74 Å². The number of nitro groups is 1. The Morgan fingerprint density at radius 2 is 2.04 bits per heavy atom. The predicted molar refractivity (Wildman–Crippen MR) is 89.3 cm³/mol. The lowest BCUT2D eigenvalue weighted by Crippen LogP contribution is -2.42. The van der Waals surface area contributed by atoms with Crippen molar-refractivity contribution in [2.45, 2.75) is 51.4 Å². The monoisotopic (exact) mass is 329 g/mol. The summed E-state index contributed by atoms with van der Waals surface area (Å²) in [5, 5.41) is 11.6. The van der Waals surface area contributed by atoms with Gasteiger partial charge in [0.2, 0.25) is 0 Å². The topological polar surface area (TPSA) is 69.4 Å². The zero-order valence-electron chi connectivity index (χ0n) is 14.2. The lowest BCUT2D eigenvalue weighted by Gasteiger charge is -2.48. The second kappa shape index (κ2) is 5.30. The number of methoxy groups -OCH3 is 1. The molecule has 0 N–H and O–H groups in total. The van der Waals surface area contributed by atoms with Crippen LogP contribution in [0.15, 0.2) is 12.1 Å². The van der Waals surface area contributed by atoms with Crippen molar-refractivity contribution in [3.05, 3.63) is 33.4 Å². The van der Waals surface area contributed by atoms with E-state index in [1.807, 2.05) is 6.07 Å². The zero-order valence-corrected chi connectivity index (χ0v) is 14.2. The molecule has 0 heterocycles. The number of benzene rings is 1. The fourth-order valence-electron chi connectivity index (χ4n) is 5.76. The quantitative estimate of drug-likeness (QED) is 0.607. The Morgan fingerprint density at radius 1 is 1.25 bits per heavy atom. The summed E-state index contributed by atoms with van der Waals surface area (Å²) < 4.78 is 5.22. The molecule has 2 fully saturated rings. The van der Waals surface area contributed by atoms with Crippen molar-refractivity contribution in [2.75, 3.05) is 7.11 Å². The van der Waals surface area contributed by atoms with Gasteiger partial charge in [-0.15, -0.1) is 0 Å². The smallest absolute Gasteiger partial charge is 0.314 e. The third-order valence-corrected chi connectivity index (χ3v) is 6.96. The summed E-state index contributed by atoms with van der Waals surface area (Å²) in [6.45, 7) is 2.15. The highest BCUT2D eigenvalue weighted by Gasteiger charge is 2.55. The van der Waals surface area contributed by atoms with E-state index in [0.717, 1.165) is 36.8 Å². The van der Waals surface area contributed by atoms with Crippen LogP contribution in [-0.4, -0.2) is 17.8 Å². The van der Waals surface area contributed by atoms with Gasteiger partial charge in [-0.25, -0.2) is 0 Å². The molecule has 0 unspecified atom stereocenters. The molecule has 0 aromatic heterocycles. The number of ether oxygens (including phenoxy) is 1. The molecule has 1 aromatic rings. The van der Waals surface area contributed by atoms with Gasteiger partial charge in [0.1, 0.15) is 5.78 Å². The largest absolute Gasteiger partial charge is 0.490 e. The number of hydrogen-bond donors (Lipinski definition) is 0. The molecular formula is C19H23NO4. The number of fused-ring (bicyclic) bond motifs is 5. The molecule has 0 amide bonds. The van der Waals surface area contributed by atoms with Gasteiger partial charge < -0.3 is 4.74 Å². The second-order valence-corrected chi connectivity index (χ2v) is 7.77. The lowest BCUT2D eigenvalue weighted by molar-refractivity contribution is -0.386. The minimum absolute atomic E-state index is 0.143. The predicted octanol–water partition coefficient (Wildman–Crippen LogP) is 4.03. The number of rotatable bonds is 2. The standard InChI is InChI=1S/C19H23NO4/c1-19-10-9-12-11-5-7-16(24-2)18(20(22)23)14(11)4-3-13(12)15(19)6-8-17(19)21/h5,7,12-13,15H,3-4,6,8-10H2,1-2H3/t12-,13-,15+,19-/m1/s1. The average Bonchev–Trinajstić information content (AvgIpc) is 2.88. The minimum atomic E-state index is -0.302. The van der Waals surface area contributed by atoms with Gasteiger partial charge in [0, 0.05) is 17.4 Å². The SMILES string of the molecule is COc1ccc2c(c1[N+](=O)[O-])CC[C@@H]1[C@@H]2CC[C@@]2(C)C(=O)CC[C@@H]12. The summed E-state index contributed by atoms with van der Waals surface area (Å²) in [7, 11) is 1.48. The maximum absolute atomic E-state index is 12.4. The number of carbonyl (C=O) groups excluding carboxylic acids is 1. The Kier molecular flexibility index (Phi) is 3.44. The number of ketones is 1. The van der Waals surface area contributed by atoms with Gasteiger partial charge in [-0.2, -0.15) is 0 Å². The minimum Gasteiger partial charge on any atom is -0.490 e. The number of nitrogens with zero attached hydrogens (tertiary/aromatic N) is 1. The van der Waals surface area contributed by atoms with Crippen LogP contribution in [0.4, 0.5) is 5.69 Å². The van der Waals surface area contributed by atoms with Gasteiger partial charge in [0.05, 0.1) is 12.0 Å². The van der Waals surface area contributed by atoms with Crippen LogP contribution in [0.2, 0.25) is 0 Å². The Balaban J connectivity index is 1.77. The van der Waals surface area contributed by atoms with Crippen molar-refractivity contribution in [3.63, 3.8) is 0 Å². The molecule has 4 atom stereocenters. The molecule has 24 heavy (non-hydrogen) atoms. The fourth-order valence-corrected chi connectivity index (χ4v) is 5.76. The Bertz CT molecular complexity index is 728. The molecule has 0 spiro atoms. The summed E-state index contributed by atoms with van der Waals surface area (Å²) in [4.78, 5) is 23.6. The molecular weight excluding hydrogens is 306 g/mol. The molecule has 3 aliphatic carbocycles. The van der Waals surface area contributed by atoms with Crippen molar-refractivity contribution in [2.24, 2.45) is 17.3 Å². The summed E-state index contributed by atoms with van der Waals surface area (Å²) in [6, 6.07) is 3.77. The van der Waals surface area contributed by atoms with Crippen molar-refractivity contribution in [1.29, 1.82) is 0 Å². The molecule has 4 rings (SSSR count). The van der Waals surface area contributed by atoms with Crippen molar-refractivity contribution in [1.82, 2.24) is 0 Å². The normalized spacial score (nSPS) is 34.2. The van der Waals surface area contributed by atoms with Gasteiger partial charge in [0.25, 0.3) is 0 Å². The van der Waals surface area contributed by atoms with Crippen molar-refractivity contribution in [3.8, 4) is 5.75 Å². The molecule has 128 valence electrons. The van der Waals surface area contributed by atoms with Crippen LogP contribution in [0.25, 0.3) is 0 Å². The van der Waals surface area contributed by atoms with Crippen LogP contribution in [0.3, 0.4) is 0 Å². The molecule has 5 nitrogen and oxygen atoms in total. The van der Waals surface area contributed by atoms with Crippen LogP contribution in [0.5, 0.6) is 5.75 Å². The highest BCUT2D eigenvalue weighted by atomic mass is 16.6. The van der Waals surface area contributed by atoms with Crippen LogP contribution in [0.1, 0.15) is 56.1 Å². The number of nitro benzene ring substituents is 1. The van der Waals surface area contributed by atoms with Crippen LogP contribution < -0.4 is 4.74 Å². The Hall–Kier alpha value is -1.91. The number of carbonyl (C=O) groups is 1. The first kappa shape index (κ1) is 15.6. The third-order valence-electron chi connectivity index (χ3n) is 6.96. The molecule has 5 heteroatoms. The molecule has 1 aromatic carbocycles. The zero-order chi connectivity index (χ0) is 17.1. The molecule has 0 saturated heterocycles. The summed E-state index contributed by atoms with van der Waals surface area (Å²) >= 11 is 0. The van der Waals surface area contributed by atoms with Gasteiger partial charge in [-0.05, 0) is 61.5 Å².